The van der Waals surface area contributed by atoms with Crippen LogP contribution < -0.4 is 5.32 Å². The standard InChI is InChI=1S/C22H21N3O2S/c1-15-9-10-19(28-15)22-25-24-21(27-22)12-11-20(26)23-14-13-17-7-4-6-16-5-2-3-8-18(16)17/h2-10H,11-14H2,1H3,(H,23,26). The molecule has 28 heavy (non-hydrogen) atoms. The van der Waals surface area contributed by atoms with Gasteiger partial charge in [0.1, 0.15) is 0 Å². The Morgan fingerprint density at radius 3 is 2.75 bits per heavy atom. The van der Waals surface area contributed by atoms with Gasteiger partial charge in [0, 0.05) is 24.3 Å². The molecule has 142 valence electrons. The van der Waals surface area contributed by atoms with Gasteiger partial charge in [-0.05, 0) is 41.8 Å². The van der Waals surface area contributed by atoms with Crippen LogP contribution in [-0.2, 0) is 17.6 Å². The number of rotatable bonds is 7. The number of carbonyl (C=O) groups is 1. The van der Waals surface area contributed by atoms with Gasteiger partial charge in [0.05, 0.1) is 4.88 Å². The maximum absolute atomic E-state index is 12.2. The molecule has 0 aliphatic rings. The quantitative estimate of drug-likeness (QED) is 0.502. The molecule has 5 nitrogen and oxygen atoms in total. The van der Waals surface area contributed by atoms with E-state index in [-0.39, 0.29) is 5.91 Å². The second-order valence-corrected chi connectivity index (χ2v) is 7.94. The lowest BCUT2D eigenvalue weighted by Crippen LogP contribution is -2.25. The molecule has 0 bridgehead atoms. The zero-order chi connectivity index (χ0) is 19.3. The fourth-order valence-corrected chi connectivity index (χ4v) is 3.95. The molecular formula is C22H21N3O2S. The predicted molar refractivity (Wildman–Crippen MR) is 111 cm³/mol. The topological polar surface area (TPSA) is 68.0 Å². The molecule has 2 aromatic heterocycles. The van der Waals surface area contributed by atoms with E-state index in [0.29, 0.717) is 31.2 Å². The average molecular weight is 391 g/mol. The molecule has 4 rings (SSSR count). The minimum absolute atomic E-state index is 0.00745. The van der Waals surface area contributed by atoms with Gasteiger partial charge in [0.2, 0.25) is 11.8 Å². The molecule has 2 heterocycles. The molecule has 0 fully saturated rings. The Balaban J connectivity index is 1.26. The number of benzene rings is 2. The Kier molecular flexibility index (Phi) is 5.48. The number of hydrogen-bond donors (Lipinski definition) is 1. The van der Waals surface area contributed by atoms with Crippen molar-refractivity contribution in [2.45, 2.75) is 26.2 Å². The molecule has 0 spiro atoms. The summed E-state index contributed by atoms with van der Waals surface area (Å²) in [5, 5.41) is 13.6. The maximum atomic E-state index is 12.2. The fourth-order valence-electron chi connectivity index (χ4n) is 3.16. The highest BCUT2D eigenvalue weighted by molar-refractivity contribution is 7.15. The summed E-state index contributed by atoms with van der Waals surface area (Å²) in [6, 6.07) is 18.6. The summed E-state index contributed by atoms with van der Waals surface area (Å²) in [6.07, 6.45) is 1.58. The summed E-state index contributed by atoms with van der Waals surface area (Å²) in [6.45, 7) is 2.64. The van der Waals surface area contributed by atoms with Crippen LogP contribution in [0.2, 0.25) is 0 Å². The molecule has 2 aromatic carbocycles. The van der Waals surface area contributed by atoms with Crippen molar-refractivity contribution in [3.63, 3.8) is 0 Å². The van der Waals surface area contributed by atoms with Gasteiger partial charge in [-0.15, -0.1) is 21.5 Å². The monoisotopic (exact) mass is 391 g/mol. The first-order valence-corrected chi connectivity index (χ1v) is 10.1. The van der Waals surface area contributed by atoms with Crippen molar-refractivity contribution in [3.05, 3.63) is 70.9 Å². The van der Waals surface area contributed by atoms with Gasteiger partial charge >= 0.3 is 0 Å². The summed E-state index contributed by atoms with van der Waals surface area (Å²) in [7, 11) is 0. The Morgan fingerprint density at radius 2 is 1.89 bits per heavy atom. The van der Waals surface area contributed by atoms with Crippen LogP contribution in [0, 0.1) is 6.92 Å². The lowest BCUT2D eigenvalue weighted by atomic mass is 10.0. The van der Waals surface area contributed by atoms with E-state index >= 15 is 0 Å². The number of thiophene rings is 1. The van der Waals surface area contributed by atoms with Gasteiger partial charge < -0.3 is 9.73 Å². The summed E-state index contributed by atoms with van der Waals surface area (Å²) < 4.78 is 5.66. The number of fused-ring (bicyclic) bond motifs is 1. The molecule has 0 unspecified atom stereocenters. The smallest absolute Gasteiger partial charge is 0.257 e. The highest BCUT2D eigenvalue weighted by atomic mass is 32.1. The van der Waals surface area contributed by atoms with Crippen molar-refractivity contribution in [2.75, 3.05) is 6.54 Å². The molecule has 6 heteroatoms. The van der Waals surface area contributed by atoms with Crippen molar-refractivity contribution < 1.29 is 9.21 Å². The third-order valence-electron chi connectivity index (χ3n) is 4.58. The highest BCUT2D eigenvalue weighted by Gasteiger charge is 2.12. The minimum Gasteiger partial charge on any atom is -0.420 e. The van der Waals surface area contributed by atoms with E-state index in [1.54, 1.807) is 11.3 Å². The molecule has 0 saturated heterocycles. The van der Waals surface area contributed by atoms with Crippen molar-refractivity contribution in [1.29, 1.82) is 0 Å². The highest BCUT2D eigenvalue weighted by Crippen LogP contribution is 2.26. The number of nitrogens with one attached hydrogen (secondary N) is 1. The first-order valence-electron chi connectivity index (χ1n) is 9.31. The molecule has 0 atom stereocenters. The van der Waals surface area contributed by atoms with Gasteiger partial charge in [-0.2, -0.15) is 0 Å². The van der Waals surface area contributed by atoms with Crippen molar-refractivity contribution in [3.8, 4) is 10.8 Å². The van der Waals surface area contributed by atoms with E-state index in [4.69, 9.17) is 4.42 Å². The summed E-state index contributed by atoms with van der Waals surface area (Å²) >= 11 is 1.61. The zero-order valence-electron chi connectivity index (χ0n) is 15.6. The van der Waals surface area contributed by atoms with Crippen LogP contribution >= 0.6 is 11.3 Å². The lowest BCUT2D eigenvalue weighted by Gasteiger charge is -2.08. The Morgan fingerprint density at radius 1 is 1.04 bits per heavy atom. The van der Waals surface area contributed by atoms with Crippen LogP contribution in [0.4, 0.5) is 0 Å². The third kappa shape index (κ3) is 4.28. The number of amides is 1. The van der Waals surface area contributed by atoms with Crippen LogP contribution in [-0.4, -0.2) is 22.6 Å². The van der Waals surface area contributed by atoms with Crippen LogP contribution in [0.5, 0.6) is 0 Å². The Hall–Kier alpha value is -2.99. The SMILES string of the molecule is Cc1ccc(-c2nnc(CCC(=O)NCCc3cccc4ccccc34)o2)s1. The van der Waals surface area contributed by atoms with Crippen LogP contribution in [0.25, 0.3) is 21.5 Å². The Labute approximate surface area is 167 Å². The van der Waals surface area contributed by atoms with E-state index in [1.807, 2.05) is 31.2 Å². The molecule has 1 amide bonds. The first-order chi connectivity index (χ1) is 13.7. The fraction of sp³-hybridized carbons (Fsp3) is 0.227. The van der Waals surface area contributed by atoms with E-state index in [1.165, 1.54) is 21.2 Å². The molecule has 0 radical (unpaired) electrons. The molecule has 0 aliphatic carbocycles. The van der Waals surface area contributed by atoms with E-state index < -0.39 is 0 Å². The van der Waals surface area contributed by atoms with Crippen molar-refractivity contribution >= 4 is 28.0 Å². The van der Waals surface area contributed by atoms with Gasteiger partial charge in [0.25, 0.3) is 5.89 Å². The second-order valence-electron chi connectivity index (χ2n) is 6.65. The maximum Gasteiger partial charge on any atom is 0.257 e. The number of aromatic nitrogens is 2. The van der Waals surface area contributed by atoms with Crippen LogP contribution in [0.15, 0.2) is 59.0 Å². The number of nitrogens with zero attached hydrogens (tertiary/aromatic N) is 2. The molecule has 0 aliphatic heterocycles. The summed E-state index contributed by atoms with van der Waals surface area (Å²) in [5.41, 5.74) is 1.24. The molecule has 0 saturated carbocycles. The van der Waals surface area contributed by atoms with Gasteiger partial charge in [-0.1, -0.05) is 42.5 Å². The normalized spacial score (nSPS) is 11.0. The largest absolute Gasteiger partial charge is 0.420 e. The summed E-state index contributed by atoms with van der Waals surface area (Å²) in [5.74, 6) is 1.00. The van der Waals surface area contributed by atoms with Gasteiger partial charge in [-0.25, -0.2) is 0 Å². The van der Waals surface area contributed by atoms with Crippen molar-refractivity contribution in [2.24, 2.45) is 0 Å². The zero-order valence-corrected chi connectivity index (χ0v) is 16.5. The molecule has 4 aromatic rings. The van der Waals surface area contributed by atoms with E-state index in [2.05, 4.69) is 45.8 Å². The van der Waals surface area contributed by atoms with Gasteiger partial charge in [0.15, 0.2) is 0 Å². The first kappa shape index (κ1) is 18.4. The van der Waals surface area contributed by atoms with Gasteiger partial charge in [-0.3, -0.25) is 4.79 Å². The number of hydrogen-bond acceptors (Lipinski definition) is 5. The van der Waals surface area contributed by atoms with Crippen LogP contribution in [0.3, 0.4) is 0 Å². The van der Waals surface area contributed by atoms with Crippen molar-refractivity contribution in [1.82, 2.24) is 15.5 Å². The van der Waals surface area contributed by atoms with E-state index in [0.717, 1.165) is 11.3 Å². The molecular weight excluding hydrogens is 370 g/mol. The van der Waals surface area contributed by atoms with Crippen LogP contribution in [0.1, 0.15) is 22.8 Å². The number of carbonyl (C=O) groups excluding carboxylic acids is 1. The summed E-state index contributed by atoms with van der Waals surface area (Å²) in [4.78, 5) is 14.3. The lowest BCUT2D eigenvalue weighted by molar-refractivity contribution is -0.121. The number of aryl methyl sites for hydroxylation is 2. The predicted octanol–water partition coefficient (Wildman–Crippen LogP) is 4.55. The molecule has 1 N–H and O–H groups in total. The Bertz CT molecular complexity index is 1090. The third-order valence-corrected chi connectivity index (χ3v) is 5.57. The second kappa shape index (κ2) is 8.35. The minimum atomic E-state index is -0.00745. The average Bonchev–Trinajstić information content (AvgIpc) is 3.35. The van der Waals surface area contributed by atoms with E-state index in [9.17, 15) is 4.79 Å².